The van der Waals surface area contributed by atoms with E-state index in [0.717, 1.165) is 28.3 Å². The Morgan fingerprint density at radius 1 is 1.21 bits per heavy atom. The van der Waals surface area contributed by atoms with E-state index < -0.39 is 0 Å². The van der Waals surface area contributed by atoms with Crippen LogP contribution in [0.3, 0.4) is 0 Å². The van der Waals surface area contributed by atoms with Gasteiger partial charge < -0.3 is 14.0 Å². The number of pyridine rings is 1. The van der Waals surface area contributed by atoms with Crippen molar-refractivity contribution < 1.29 is 9.53 Å². The van der Waals surface area contributed by atoms with Gasteiger partial charge in [0.05, 0.1) is 24.7 Å². The van der Waals surface area contributed by atoms with Crippen molar-refractivity contribution in [3.05, 3.63) is 78.0 Å². The summed E-state index contributed by atoms with van der Waals surface area (Å²) in [6.45, 7) is 2.35. The highest BCUT2D eigenvalue weighted by Crippen LogP contribution is 2.18. The number of fused-ring (bicyclic) bond motifs is 1. The Morgan fingerprint density at radius 3 is 2.86 bits per heavy atom. The largest absolute Gasteiger partial charge is 0.497 e. The first-order valence-electron chi connectivity index (χ1n) is 8.94. The molecule has 4 rings (SSSR count). The van der Waals surface area contributed by atoms with E-state index in [0.29, 0.717) is 12.2 Å². The van der Waals surface area contributed by atoms with Gasteiger partial charge in [0, 0.05) is 37.6 Å². The lowest BCUT2D eigenvalue weighted by molar-refractivity contribution is 0.0779. The van der Waals surface area contributed by atoms with Gasteiger partial charge in [-0.15, -0.1) is 0 Å². The van der Waals surface area contributed by atoms with E-state index in [9.17, 15) is 4.79 Å². The van der Waals surface area contributed by atoms with Crippen molar-refractivity contribution in [3.63, 3.8) is 0 Å². The maximum absolute atomic E-state index is 12.9. The van der Waals surface area contributed by atoms with E-state index in [1.54, 1.807) is 29.9 Å². The van der Waals surface area contributed by atoms with Crippen LogP contribution >= 0.6 is 0 Å². The van der Waals surface area contributed by atoms with Crippen molar-refractivity contribution in [1.29, 1.82) is 0 Å². The first-order valence-corrected chi connectivity index (χ1v) is 8.94. The minimum Gasteiger partial charge on any atom is -0.497 e. The third kappa shape index (κ3) is 3.22. The fourth-order valence-corrected chi connectivity index (χ4v) is 3.18. The predicted molar refractivity (Wildman–Crippen MR) is 106 cm³/mol. The number of imidazole rings is 1. The second-order valence-electron chi connectivity index (χ2n) is 6.63. The first kappa shape index (κ1) is 17.8. The Bertz CT molecular complexity index is 1140. The van der Waals surface area contributed by atoms with Gasteiger partial charge in [0.25, 0.3) is 5.91 Å². The van der Waals surface area contributed by atoms with Crippen LogP contribution in [0.5, 0.6) is 5.75 Å². The van der Waals surface area contributed by atoms with Gasteiger partial charge in [-0.2, -0.15) is 5.10 Å². The molecule has 0 unspecified atom stereocenters. The number of nitrogens with zero attached hydrogens (tertiary/aromatic N) is 5. The van der Waals surface area contributed by atoms with Gasteiger partial charge in [0.1, 0.15) is 17.1 Å². The molecule has 0 atom stereocenters. The number of carbonyl (C=O) groups excluding carboxylic acids is 1. The van der Waals surface area contributed by atoms with Crippen molar-refractivity contribution in [2.24, 2.45) is 0 Å². The summed E-state index contributed by atoms with van der Waals surface area (Å²) in [6, 6.07) is 13.4. The van der Waals surface area contributed by atoms with Gasteiger partial charge in [-0.1, -0.05) is 12.1 Å². The topological polar surface area (TPSA) is 64.7 Å². The van der Waals surface area contributed by atoms with Crippen LogP contribution in [-0.2, 0) is 6.54 Å². The van der Waals surface area contributed by atoms with Gasteiger partial charge in [-0.25, -0.2) is 9.67 Å². The Balaban J connectivity index is 1.53. The van der Waals surface area contributed by atoms with E-state index >= 15 is 0 Å². The predicted octanol–water partition coefficient (Wildman–Crippen LogP) is 3.11. The first-order chi connectivity index (χ1) is 13.6. The number of aryl methyl sites for hydroxylation is 1. The molecule has 1 aromatic carbocycles. The molecule has 0 radical (unpaired) electrons. The SMILES string of the molecule is COc1cccc(-n2cc(CN(C)C(=O)c3nc4ccccn4c3C)cn2)c1. The quantitative estimate of drug-likeness (QED) is 0.538. The number of rotatable bonds is 5. The molecule has 0 aliphatic heterocycles. The molecule has 0 fully saturated rings. The van der Waals surface area contributed by atoms with E-state index in [1.807, 2.05) is 66.2 Å². The van der Waals surface area contributed by atoms with Crippen LogP contribution in [0.15, 0.2) is 61.1 Å². The molecule has 0 spiro atoms. The van der Waals surface area contributed by atoms with Gasteiger partial charge >= 0.3 is 0 Å². The molecule has 0 N–H and O–H groups in total. The van der Waals surface area contributed by atoms with Crippen molar-refractivity contribution in [2.45, 2.75) is 13.5 Å². The van der Waals surface area contributed by atoms with Gasteiger partial charge in [0.15, 0.2) is 0 Å². The third-order valence-corrected chi connectivity index (χ3v) is 4.69. The molecule has 3 aromatic heterocycles. The molecule has 0 aliphatic rings. The molecular weight excluding hydrogens is 354 g/mol. The Hall–Kier alpha value is -3.61. The molecule has 0 aliphatic carbocycles. The lowest BCUT2D eigenvalue weighted by Crippen LogP contribution is -2.27. The molecule has 7 nitrogen and oxygen atoms in total. The average Bonchev–Trinajstić information content (AvgIpc) is 3.32. The Kier molecular flexibility index (Phi) is 4.57. The fraction of sp³-hybridized carbons (Fsp3) is 0.190. The number of ether oxygens (including phenoxy) is 1. The summed E-state index contributed by atoms with van der Waals surface area (Å²) in [5.41, 5.74) is 3.90. The van der Waals surface area contributed by atoms with Gasteiger partial charge in [-0.05, 0) is 31.2 Å². The second kappa shape index (κ2) is 7.19. The summed E-state index contributed by atoms with van der Waals surface area (Å²) < 4.78 is 8.95. The normalized spacial score (nSPS) is 11.0. The maximum Gasteiger partial charge on any atom is 0.274 e. The lowest BCUT2D eigenvalue weighted by Gasteiger charge is -2.15. The summed E-state index contributed by atoms with van der Waals surface area (Å²) in [5, 5.41) is 4.40. The zero-order chi connectivity index (χ0) is 19.7. The molecule has 1 amide bonds. The molecule has 28 heavy (non-hydrogen) atoms. The van der Waals surface area contributed by atoms with Crippen LogP contribution in [0.4, 0.5) is 0 Å². The smallest absolute Gasteiger partial charge is 0.274 e. The molecule has 3 heterocycles. The Morgan fingerprint density at radius 2 is 2.07 bits per heavy atom. The number of hydrogen-bond acceptors (Lipinski definition) is 4. The molecule has 7 heteroatoms. The van der Waals surface area contributed by atoms with Crippen molar-refractivity contribution in [1.82, 2.24) is 24.1 Å². The minimum absolute atomic E-state index is 0.115. The third-order valence-electron chi connectivity index (χ3n) is 4.69. The summed E-state index contributed by atoms with van der Waals surface area (Å²) in [7, 11) is 3.41. The van der Waals surface area contributed by atoms with Crippen molar-refractivity contribution in [3.8, 4) is 11.4 Å². The summed E-state index contributed by atoms with van der Waals surface area (Å²) >= 11 is 0. The summed E-state index contributed by atoms with van der Waals surface area (Å²) in [6.07, 6.45) is 5.58. The number of methoxy groups -OCH3 is 1. The van der Waals surface area contributed by atoms with Crippen LogP contribution < -0.4 is 4.74 Å². The number of amides is 1. The Labute approximate surface area is 162 Å². The van der Waals surface area contributed by atoms with Crippen LogP contribution in [0, 0.1) is 6.92 Å². The van der Waals surface area contributed by atoms with E-state index in [4.69, 9.17) is 4.74 Å². The maximum atomic E-state index is 12.9. The van der Waals surface area contributed by atoms with Gasteiger partial charge in [-0.3, -0.25) is 4.79 Å². The van der Waals surface area contributed by atoms with E-state index in [-0.39, 0.29) is 5.91 Å². The highest BCUT2D eigenvalue weighted by atomic mass is 16.5. The fourth-order valence-electron chi connectivity index (χ4n) is 3.18. The van der Waals surface area contributed by atoms with Crippen LogP contribution in [0.25, 0.3) is 11.3 Å². The lowest BCUT2D eigenvalue weighted by atomic mass is 10.2. The molecular formula is C21H21N5O2. The molecule has 142 valence electrons. The standard InChI is InChI=1S/C21H21N5O2/c1-15-20(23-19-9-4-5-10-25(15)19)21(27)24(2)13-16-12-22-26(14-16)17-7-6-8-18(11-17)28-3/h4-12,14H,13H2,1-3H3. The zero-order valence-corrected chi connectivity index (χ0v) is 16.0. The van der Waals surface area contributed by atoms with Gasteiger partial charge in [0.2, 0.25) is 0 Å². The monoisotopic (exact) mass is 375 g/mol. The zero-order valence-electron chi connectivity index (χ0n) is 16.0. The average molecular weight is 375 g/mol. The summed E-state index contributed by atoms with van der Waals surface area (Å²) in [5.74, 6) is 0.652. The van der Waals surface area contributed by atoms with Crippen LogP contribution in [0.1, 0.15) is 21.7 Å². The molecule has 0 saturated carbocycles. The number of hydrogen-bond donors (Lipinski definition) is 0. The molecule has 0 bridgehead atoms. The second-order valence-corrected chi connectivity index (χ2v) is 6.63. The number of carbonyl (C=O) groups is 1. The highest BCUT2D eigenvalue weighted by molar-refractivity contribution is 5.94. The van der Waals surface area contributed by atoms with E-state index in [2.05, 4.69) is 10.1 Å². The van der Waals surface area contributed by atoms with Crippen molar-refractivity contribution in [2.75, 3.05) is 14.2 Å². The minimum atomic E-state index is -0.115. The van der Waals surface area contributed by atoms with E-state index in [1.165, 1.54) is 0 Å². The highest BCUT2D eigenvalue weighted by Gasteiger charge is 2.20. The number of aromatic nitrogens is 4. The van der Waals surface area contributed by atoms with Crippen LogP contribution in [0.2, 0.25) is 0 Å². The molecule has 4 aromatic rings. The van der Waals surface area contributed by atoms with Crippen molar-refractivity contribution >= 4 is 11.6 Å². The molecule has 0 saturated heterocycles. The summed E-state index contributed by atoms with van der Waals surface area (Å²) in [4.78, 5) is 19.0. The number of benzene rings is 1. The van der Waals surface area contributed by atoms with Crippen LogP contribution in [-0.4, -0.2) is 44.1 Å².